The molecule has 3 rings (SSSR count). The van der Waals surface area contributed by atoms with Gasteiger partial charge in [0.05, 0.1) is 33.9 Å². The summed E-state index contributed by atoms with van der Waals surface area (Å²) in [5, 5.41) is 0.298. The van der Waals surface area contributed by atoms with E-state index >= 15 is 0 Å². The summed E-state index contributed by atoms with van der Waals surface area (Å²) in [7, 11) is 2.38. The van der Waals surface area contributed by atoms with Crippen LogP contribution in [0.15, 0.2) is 35.2 Å². The minimum absolute atomic E-state index is 0.00993. The highest BCUT2D eigenvalue weighted by molar-refractivity contribution is 7.89. The number of benzene rings is 2. The van der Waals surface area contributed by atoms with E-state index in [4.69, 9.17) is 30.5 Å². The number of carbonyl (C=O) groups is 1. The van der Waals surface area contributed by atoms with E-state index in [2.05, 4.69) is 0 Å². The van der Waals surface area contributed by atoms with Crippen molar-refractivity contribution in [1.29, 1.82) is 0 Å². The minimum Gasteiger partial charge on any atom is -0.493 e. The summed E-state index contributed by atoms with van der Waals surface area (Å²) in [5.41, 5.74) is 0.793. The van der Waals surface area contributed by atoms with Gasteiger partial charge < -0.3 is 23.8 Å². The van der Waals surface area contributed by atoms with E-state index < -0.39 is 15.9 Å². The smallest absolute Gasteiger partial charge is 0.246 e. The number of ether oxygens (including phenoxy) is 4. The largest absolute Gasteiger partial charge is 0.493 e. The number of hydrogen-bond acceptors (Lipinski definition) is 7. The van der Waals surface area contributed by atoms with Gasteiger partial charge >= 0.3 is 0 Å². The van der Waals surface area contributed by atoms with Crippen LogP contribution in [0.25, 0.3) is 0 Å². The predicted octanol–water partition coefficient (Wildman–Crippen LogP) is 3.82. The summed E-state index contributed by atoms with van der Waals surface area (Å²) in [6, 6.07) is 8.11. The van der Waals surface area contributed by atoms with Gasteiger partial charge in [-0.15, -0.1) is 0 Å². The molecule has 0 radical (unpaired) electrons. The monoisotopic (exact) mass is 540 g/mol. The first-order valence-corrected chi connectivity index (χ1v) is 13.4. The lowest BCUT2D eigenvalue weighted by Gasteiger charge is -2.33. The fraction of sp³-hybridized carbons (Fsp3) is 0.480. The van der Waals surface area contributed by atoms with E-state index in [9.17, 15) is 13.2 Å². The molecule has 0 N–H and O–H groups in total. The van der Waals surface area contributed by atoms with Gasteiger partial charge in [0.1, 0.15) is 10.6 Å². The fourth-order valence-electron chi connectivity index (χ4n) is 4.35. The predicted molar refractivity (Wildman–Crippen MR) is 137 cm³/mol. The molecule has 9 nitrogen and oxygen atoms in total. The third kappa shape index (κ3) is 5.99. The van der Waals surface area contributed by atoms with E-state index in [-0.39, 0.29) is 23.1 Å². The van der Waals surface area contributed by atoms with Crippen molar-refractivity contribution in [2.24, 2.45) is 5.92 Å². The maximum absolute atomic E-state index is 13.5. The first-order chi connectivity index (χ1) is 17.2. The number of carbonyl (C=O) groups excluding carboxylic acids is 1. The van der Waals surface area contributed by atoms with Gasteiger partial charge in [0.25, 0.3) is 0 Å². The van der Waals surface area contributed by atoms with Crippen molar-refractivity contribution < 1.29 is 32.2 Å². The Balaban J connectivity index is 1.78. The van der Waals surface area contributed by atoms with Crippen LogP contribution in [0.4, 0.5) is 0 Å². The fourth-order valence-corrected chi connectivity index (χ4v) is 6.27. The summed E-state index contributed by atoms with van der Waals surface area (Å²) in [5.74, 6) is 1.09. The van der Waals surface area contributed by atoms with Crippen molar-refractivity contribution in [3.05, 3.63) is 40.9 Å². The molecule has 1 unspecified atom stereocenters. The maximum atomic E-state index is 13.5. The quantitative estimate of drug-likeness (QED) is 0.452. The lowest BCUT2D eigenvalue weighted by molar-refractivity contribution is -0.135. The second-order valence-electron chi connectivity index (χ2n) is 8.45. The Morgan fingerprint density at radius 2 is 1.75 bits per heavy atom. The lowest BCUT2D eigenvalue weighted by atomic mass is 9.98. The van der Waals surface area contributed by atoms with Crippen LogP contribution in [-0.2, 0) is 21.4 Å². The molecule has 1 aliphatic rings. The van der Waals surface area contributed by atoms with Gasteiger partial charge in [-0.05, 0) is 55.7 Å². The van der Waals surface area contributed by atoms with Crippen molar-refractivity contribution in [3.8, 4) is 23.0 Å². The third-order valence-electron chi connectivity index (χ3n) is 6.08. The van der Waals surface area contributed by atoms with Crippen molar-refractivity contribution in [2.45, 2.75) is 31.2 Å². The molecule has 0 spiro atoms. The molecule has 0 saturated carbocycles. The molecule has 1 fully saturated rings. The highest BCUT2D eigenvalue weighted by Gasteiger charge is 2.36. The van der Waals surface area contributed by atoms with Crippen LogP contribution < -0.4 is 18.9 Å². The molecule has 2 aromatic carbocycles. The van der Waals surface area contributed by atoms with Crippen LogP contribution in [-0.4, -0.2) is 71.6 Å². The van der Waals surface area contributed by atoms with E-state index in [1.165, 1.54) is 31.7 Å². The summed E-state index contributed by atoms with van der Waals surface area (Å²) < 4.78 is 50.0. The summed E-state index contributed by atoms with van der Waals surface area (Å²) in [4.78, 5) is 14.9. The molecular formula is C25H33ClN2O7S. The minimum atomic E-state index is -3.91. The Morgan fingerprint density at radius 3 is 2.33 bits per heavy atom. The number of sulfonamides is 1. The molecule has 1 amide bonds. The Bertz CT molecular complexity index is 1160. The zero-order chi connectivity index (χ0) is 26.5. The number of nitrogens with zero attached hydrogens (tertiary/aromatic N) is 2. The summed E-state index contributed by atoms with van der Waals surface area (Å²) >= 11 is 6.10. The summed E-state index contributed by atoms with van der Waals surface area (Å²) in [6.45, 7) is 2.79. The lowest BCUT2D eigenvalue weighted by Crippen LogP contribution is -2.45. The first-order valence-electron chi connectivity index (χ1n) is 11.6. The Kier molecular flexibility index (Phi) is 9.32. The molecule has 1 saturated heterocycles. The van der Waals surface area contributed by atoms with E-state index in [0.717, 1.165) is 5.56 Å². The van der Waals surface area contributed by atoms with Crippen molar-refractivity contribution in [3.63, 3.8) is 0 Å². The third-order valence-corrected chi connectivity index (χ3v) is 8.20. The zero-order valence-corrected chi connectivity index (χ0v) is 22.8. The molecule has 2 aromatic rings. The number of rotatable bonds is 10. The van der Waals surface area contributed by atoms with Gasteiger partial charge in [0.2, 0.25) is 21.7 Å². The van der Waals surface area contributed by atoms with Gasteiger partial charge in [0.15, 0.2) is 11.5 Å². The average molecular weight is 541 g/mol. The number of methoxy groups -OCH3 is 3. The van der Waals surface area contributed by atoms with Crippen LogP contribution in [0.2, 0.25) is 5.02 Å². The van der Waals surface area contributed by atoms with Gasteiger partial charge in [-0.2, -0.15) is 4.31 Å². The van der Waals surface area contributed by atoms with Crippen LogP contribution in [0.1, 0.15) is 25.3 Å². The SMILES string of the molecule is CCOc1ccc(Cl)cc1S(=O)(=O)N1CCCC(C(=O)N(C)Cc2cc(OC)c(OC)c(OC)c2)C1. The van der Waals surface area contributed by atoms with Crippen LogP contribution in [0.3, 0.4) is 0 Å². The Morgan fingerprint density at radius 1 is 1.08 bits per heavy atom. The number of amides is 1. The molecule has 198 valence electrons. The number of piperidine rings is 1. The van der Waals surface area contributed by atoms with E-state index in [1.807, 2.05) is 0 Å². The Labute approximate surface area is 217 Å². The molecule has 11 heteroatoms. The van der Waals surface area contributed by atoms with Gasteiger partial charge in [-0.1, -0.05) is 11.6 Å². The molecule has 1 atom stereocenters. The zero-order valence-electron chi connectivity index (χ0n) is 21.2. The molecule has 36 heavy (non-hydrogen) atoms. The van der Waals surface area contributed by atoms with Gasteiger partial charge in [-0.25, -0.2) is 8.42 Å². The molecule has 1 heterocycles. The normalized spacial score (nSPS) is 16.3. The van der Waals surface area contributed by atoms with Gasteiger partial charge in [-0.3, -0.25) is 4.79 Å². The Hall–Kier alpha value is -2.69. The molecule has 0 aromatic heterocycles. The van der Waals surface area contributed by atoms with E-state index in [0.29, 0.717) is 54.8 Å². The number of hydrogen-bond donors (Lipinski definition) is 0. The summed E-state index contributed by atoms with van der Waals surface area (Å²) in [6.07, 6.45) is 1.16. The molecular weight excluding hydrogens is 508 g/mol. The van der Waals surface area contributed by atoms with Gasteiger partial charge in [0, 0.05) is 31.7 Å². The van der Waals surface area contributed by atoms with Crippen molar-refractivity contribution in [2.75, 3.05) is 48.1 Å². The number of halogens is 1. The van der Waals surface area contributed by atoms with E-state index in [1.54, 1.807) is 43.1 Å². The van der Waals surface area contributed by atoms with Crippen molar-refractivity contribution in [1.82, 2.24) is 9.21 Å². The topological polar surface area (TPSA) is 94.6 Å². The van der Waals surface area contributed by atoms with Crippen LogP contribution >= 0.6 is 11.6 Å². The van der Waals surface area contributed by atoms with Crippen molar-refractivity contribution >= 4 is 27.5 Å². The second kappa shape index (κ2) is 12.0. The molecule has 0 bridgehead atoms. The maximum Gasteiger partial charge on any atom is 0.246 e. The highest BCUT2D eigenvalue weighted by Crippen LogP contribution is 2.38. The molecule has 1 aliphatic heterocycles. The standard InChI is InChI=1S/C25H33ClN2O7S/c1-6-35-20-10-9-19(26)14-23(20)36(30,31)28-11-7-8-18(16-28)25(29)27(2)15-17-12-21(32-3)24(34-5)22(13-17)33-4/h9-10,12-14,18H,6-8,11,15-16H2,1-5H3. The molecule has 0 aliphatic carbocycles. The highest BCUT2D eigenvalue weighted by atomic mass is 35.5. The average Bonchev–Trinajstić information content (AvgIpc) is 2.88. The van der Waals surface area contributed by atoms with Crippen LogP contribution in [0, 0.1) is 5.92 Å². The first kappa shape index (κ1) is 27.9. The second-order valence-corrected chi connectivity index (χ2v) is 10.8. The van der Waals surface area contributed by atoms with Crippen LogP contribution in [0.5, 0.6) is 23.0 Å².